The highest BCUT2D eigenvalue weighted by molar-refractivity contribution is 6.31. The van der Waals surface area contributed by atoms with Gasteiger partial charge >= 0.3 is 0 Å². The topological polar surface area (TPSA) is 55.1 Å². The summed E-state index contributed by atoms with van der Waals surface area (Å²) in [5.74, 6) is 1.41. The molecule has 122 valence electrons. The number of benzene rings is 2. The summed E-state index contributed by atoms with van der Waals surface area (Å²) < 4.78 is 11.2. The quantitative estimate of drug-likeness (QED) is 0.629. The Labute approximate surface area is 150 Å². The molecule has 4 rings (SSSR count). The Morgan fingerprint density at radius 1 is 0.920 bits per heavy atom. The van der Waals surface area contributed by atoms with E-state index in [1.165, 1.54) is 0 Å². The third-order valence-electron chi connectivity index (χ3n) is 4.01. The largest absolute Gasteiger partial charge is 0.486 e. The van der Waals surface area contributed by atoms with Crippen molar-refractivity contribution in [2.24, 2.45) is 0 Å². The predicted octanol–water partition coefficient (Wildman–Crippen LogP) is 4.71. The molecule has 0 saturated heterocycles. The van der Waals surface area contributed by atoms with E-state index in [-0.39, 0.29) is 5.15 Å². The standard InChI is InChI=1S/C20H13ClN2O2/c21-20-16(12-22)15(13-4-2-1-3-5-13)11-17(23-20)14-6-7-18-19(10-14)25-9-8-24-18/h1-7,10-11H,8-9H2. The van der Waals surface area contributed by atoms with Gasteiger partial charge < -0.3 is 9.47 Å². The molecule has 1 aliphatic heterocycles. The average molecular weight is 349 g/mol. The number of halogens is 1. The molecule has 0 bridgehead atoms. The second kappa shape index (κ2) is 6.46. The van der Waals surface area contributed by atoms with Crippen molar-refractivity contribution in [1.29, 1.82) is 5.26 Å². The van der Waals surface area contributed by atoms with E-state index in [9.17, 15) is 5.26 Å². The van der Waals surface area contributed by atoms with Crippen molar-refractivity contribution in [2.75, 3.05) is 13.2 Å². The molecule has 5 heteroatoms. The van der Waals surface area contributed by atoms with Gasteiger partial charge in [-0.3, -0.25) is 0 Å². The molecule has 25 heavy (non-hydrogen) atoms. The lowest BCUT2D eigenvalue weighted by molar-refractivity contribution is 0.171. The van der Waals surface area contributed by atoms with Crippen LogP contribution < -0.4 is 9.47 Å². The van der Waals surface area contributed by atoms with Crippen molar-refractivity contribution in [3.05, 3.63) is 65.3 Å². The normalized spacial score (nSPS) is 12.5. The highest BCUT2D eigenvalue weighted by Crippen LogP contribution is 2.36. The molecular formula is C20H13ClN2O2. The van der Waals surface area contributed by atoms with E-state index in [0.717, 1.165) is 22.4 Å². The number of ether oxygens (including phenoxy) is 2. The lowest BCUT2D eigenvalue weighted by Crippen LogP contribution is -2.15. The Morgan fingerprint density at radius 3 is 2.44 bits per heavy atom. The summed E-state index contributed by atoms with van der Waals surface area (Å²) in [4.78, 5) is 4.40. The summed E-state index contributed by atoms with van der Waals surface area (Å²) in [5, 5.41) is 9.66. The first-order chi connectivity index (χ1) is 12.3. The summed E-state index contributed by atoms with van der Waals surface area (Å²) in [6, 6.07) is 19.4. The van der Waals surface area contributed by atoms with Gasteiger partial charge in [0.2, 0.25) is 0 Å². The maximum atomic E-state index is 9.47. The molecule has 2 heterocycles. The molecule has 0 fully saturated rings. The number of nitriles is 1. The van der Waals surface area contributed by atoms with Crippen molar-refractivity contribution >= 4 is 11.6 Å². The van der Waals surface area contributed by atoms with Crippen LogP contribution in [-0.4, -0.2) is 18.2 Å². The molecule has 0 spiro atoms. The molecule has 4 nitrogen and oxygen atoms in total. The van der Waals surface area contributed by atoms with Crippen LogP contribution in [0.5, 0.6) is 11.5 Å². The van der Waals surface area contributed by atoms with Gasteiger partial charge in [-0.2, -0.15) is 5.26 Å². The van der Waals surface area contributed by atoms with E-state index < -0.39 is 0 Å². The van der Waals surface area contributed by atoms with Crippen molar-refractivity contribution < 1.29 is 9.47 Å². The van der Waals surface area contributed by atoms with Crippen LogP contribution in [0, 0.1) is 11.3 Å². The molecule has 0 amide bonds. The molecule has 1 aromatic heterocycles. The van der Waals surface area contributed by atoms with Crippen LogP contribution in [0.4, 0.5) is 0 Å². The van der Waals surface area contributed by atoms with Crippen LogP contribution in [0.15, 0.2) is 54.6 Å². The molecule has 0 unspecified atom stereocenters. The molecule has 0 atom stereocenters. The van der Waals surface area contributed by atoms with Crippen LogP contribution in [0.25, 0.3) is 22.4 Å². The number of hydrogen-bond donors (Lipinski definition) is 0. The van der Waals surface area contributed by atoms with Crippen molar-refractivity contribution in [1.82, 2.24) is 4.98 Å². The first kappa shape index (κ1) is 15.5. The minimum atomic E-state index is 0.189. The van der Waals surface area contributed by atoms with Gasteiger partial charge in [0.15, 0.2) is 11.5 Å². The minimum absolute atomic E-state index is 0.189. The maximum Gasteiger partial charge on any atom is 0.162 e. The summed E-state index contributed by atoms with van der Waals surface area (Å²) in [7, 11) is 0. The SMILES string of the molecule is N#Cc1c(-c2ccccc2)cc(-c2ccc3c(c2)OCCO3)nc1Cl. The molecule has 3 aromatic rings. The van der Waals surface area contributed by atoms with Gasteiger partial charge in [-0.25, -0.2) is 4.98 Å². The lowest BCUT2D eigenvalue weighted by atomic mass is 9.99. The minimum Gasteiger partial charge on any atom is -0.486 e. The monoisotopic (exact) mass is 348 g/mol. The number of nitrogens with zero attached hydrogens (tertiary/aromatic N) is 2. The fourth-order valence-corrected chi connectivity index (χ4v) is 3.05. The van der Waals surface area contributed by atoms with Gasteiger partial charge in [0.25, 0.3) is 0 Å². The molecule has 0 radical (unpaired) electrons. The third-order valence-corrected chi connectivity index (χ3v) is 4.28. The van der Waals surface area contributed by atoms with Gasteiger partial charge in [0.05, 0.1) is 11.3 Å². The van der Waals surface area contributed by atoms with Crippen molar-refractivity contribution in [2.45, 2.75) is 0 Å². The average Bonchev–Trinajstić information content (AvgIpc) is 2.67. The van der Waals surface area contributed by atoms with Crippen molar-refractivity contribution in [3.63, 3.8) is 0 Å². The molecule has 0 aliphatic carbocycles. The number of aromatic nitrogens is 1. The summed E-state index contributed by atoms with van der Waals surface area (Å²) in [5.41, 5.74) is 3.58. The van der Waals surface area contributed by atoms with Gasteiger partial charge in [-0.05, 0) is 29.8 Å². The fourth-order valence-electron chi connectivity index (χ4n) is 2.82. The second-order valence-corrected chi connectivity index (χ2v) is 5.92. The molecule has 2 aromatic carbocycles. The lowest BCUT2D eigenvalue weighted by Gasteiger charge is -2.19. The predicted molar refractivity (Wildman–Crippen MR) is 95.8 cm³/mol. The van der Waals surface area contributed by atoms with E-state index in [1.54, 1.807) is 0 Å². The van der Waals surface area contributed by atoms with Crippen molar-refractivity contribution in [3.8, 4) is 40.0 Å². The maximum absolute atomic E-state index is 9.47. The molecule has 1 aliphatic rings. The first-order valence-corrected chi connectivity index (χ1v) is 8.20. The molecule has 0 N–H and O–H groups in total. The van der Waals surface area contributed by atoms with Gasteiger partial charge in [-0.15, -0.1) is 0 Å². The molecular weight excluding hydrogens is 336 g/mol. The highest BCUT2D eigenvalue weighted by Gasteiger charge is 2.16. The van der Waals surface area contributed by atoms with Gasteiger partial charge in [0, 0.05) is 11.1 Å². The number of pyridine rings is 1. The number of hydrogen-bond acceptors (Lipinski definition) is 4. The van der Waals surface area contributed by atoms with Crippen LogP contribution >= 0.6 is 11.6 Å². The summed E-state index contributed by atoms with van der Waals surface area (Å²) >= 11 is 6.29. The van der Waals surface area contributed by atoms with Crippen LogP contribution in [0.1, 0.15) is 5.56 Å². The Bertz CT molecular complexity index is 981. The summed E-state index contributed by atoms with van der Waals surface area (Å²) in [6.45, 7) is 1.07. The van der Waals surface area contributed by atoms with Crippen LogP contribution in [0.3, 0.4) is 0 Å². The fraction of sp³-hybridized carbons (Fsp3) is 0.100. The highest BCUT2D eigenvalue weighted by atomic mass is 35.5. The second-order valence-electron chi connectivity index (χ2n) is 5.56. The first-order valence-electron chi connectivity index (χ1n) is 7.82. The van der Waals surface area contributed by atoms with Gasteiger partial charge in [-0.1, -0.05) is 41.9 Å². The van der Waals surface area contributed by atoms with E-state index in [2.05, 4.69) is 11.1 Å². The van der Waals surface area contributed by atoms with Gasteiger partial charge in [0.1, 0.15) is 24.4 Å². The van der Waals surface area contributed by atoms with E-state index >= 15 is 0 Å². The Morgan fingerprint density at radius 2 is 1.68 bits per heavy atom. The molecule has 0 saturated carbocycles. The Balaban J connectivity index is 1.86. The number of fused-ring (bicyclic) bond motifs is 1. The zero-order chi connectivity index (χ0) is 17.2. The zero-order valence-electron chi connectivity index (χ0n) is 13.2. The Kier molecular flexibility index (Phi) is 4.01. The van der Waals surface area contributed by atoms with E-state index in [1.807, 2.05) is 54.6 Å². The smallest absolute Gasteiger partial charge is 0.162 e. The van der Waals surface area contributed by atoms with E-state index in [4.69, 9.17) is 21.1 Å². The number of rotatable bonds is 2. The zero-order valence-corrected chi connectivity index (χ0v) is 14.0. The summed E-state index contributed by atoms with van der Waals surface area (Å²) in [6.07, 6.45) is 0. The van der Waals surface area contributed by atoms with Crippen LogP contribution in [0.2, 0.25) is 5.15 Å². The Hall–Kier alpha value is -3.03. The van der Waals surface area contributed by atoms with Crippen LogP contribution in [-0.2, 0) is 0 Å². The third kappa shape index (κ3) is 2.90. The van der Waals surface area contributed by atoms with E-state index in [0.29, 0.717) is 30.2 Å².